The third kappa shape index (κ3) is 6.29. The van der Waals surface area contributed by atoms with Crippen LogP contribution in [0, 0.1) is 22.2 Å². The smallest absolute Gasteiger partial charge is 0.313 e. The number of aliphatic hydroxyl groups is 1. The summed E-state index contributed by atoms with van der Waals surface area (Å²) >= 11 is 0. The van der Waals surface area contributed by atoms with Crippen LogP contribution in [0.15, 0.2) is 24.3 Å². The van der Waals surface area contributed by atoms with Gasteiger partial charge < -0.3 is 10.2 Å². The van der Waals surface area contributed by atoms with Crippen LogP contribution in [0.2, 0.25) is 0 Å². The predicted molar refractivity (Wildman–Crippen MR) is 116 cm³/mol. The molecule has 1 aliphatic carbocycles. The summed E-state index contributed by atoms with van der Waals surface area (Å²) in [5, 5.41) is 28.2. The number of carbonyl (C=O) groups is 1. The molecule has 0 radical (unpaired) electrons. The van der Waals surface area contributed by atoms with Crippen molar-refractivity contribution in [2.45, 2.75) is 64.7 Å². The molecule has 7 heteroatoms. The molecule has 30 heavy (non-hydrogen) atoms. The predicted octanol–water partition coefficient (Wildman–Crippen LogP) is 3.48. The number of benzene rings is 1. The van der Waals surface area contributed by atoms with Gasteiger partial charge in [-0.25, -0.2) is 8.42 Å². The summed E-state index contributed by atoms with van der Waals surface area (Å²) in [7, 11) is -3.34. The number of nitriles is 1. The lowest BCUT2D eigenvalue weighted by atomic mass is 9.75. The fraction of sp³-hybridized carbons (Fsp3) is 0.652. The Bertz CT molecular complexity index is 912. The lowest BCUT2D eigenvalue weighted by Gasteiger charge is -2.29. The Kier molecular flexibility index (Phi) is 7.36. The molecule has 1 aromatic carbocycles. The van der Waals surface area contributed by atoms with Crippen molar-refractivity contribution in [3.05, 3.63) is 35.4 Å². The monoisotopic (exact) mass is 435 g/mol. The van der Waals surface area contributed by atoms with E-state index in [2.05, 4.69) is 6.07 Å². The lowest BCUT2D eigenvalue weighted by Crippen LogP contribution is -2.33. The van der Waals surface area contributed by atoms with Gasteiger partial charge in [0.05, 0.1) is 35.0 Å². The molecule has 0 amide bonds. The van der Waals surface area contributed by atoms with E-state index in [0.717, 1.165) is 18.4 Å². The first-order chi connectivity index (χ1) is 13.9. The third-order valence-electron chi connectivity index (χ3n) is 6.21. The zero-order valence-corrected chi connectivity index (χ0v) is 19.0. The zero-order chi connectivity index (χ0) is 22.6. The minimum absolute atomic E-state index is 0.0317. The van der Waals surface area contributed by atoms with Crippen molar-refractivity contribution >= 4 is 15.8 Å². The van der Waals surface area contributed by atoms with Crippen LogP contribution in [0.4, 0.5) is 0 Å². The second-order valence-corrected chi connectivity index (χ2v) is 11.9. The van der Waals surface area contributed by atoms with Crippen LogP contribution >= 0.6 is 0 Å². The van der Waals surface area contributed by atoms with E-state index in [4.69, 9.17) is 5.11 Å². The number of aliphatic carboxylic acids is 1. The Morgan fingerprint density at radius 1 is 1.23 bits per heavy atom. The summed E-state index contributed by atoms with van der Waals surface area (Å²) < 4.78 is 24.1. The number of carboxylic acids is 1. The fourth-order valence-electron chi connectivity index (χ4n) is 4.07. The lowest BCUT2D eigenvalue weighted by molar-refractivity contribution is -0.143. The molecule has 1 saturated carbocycles. The first kappa shape index (κ1) is 24.4. The highest BCUT2D eigenvalue weighted by Crippen LogP contribution is 2.48. The van der Waals surface area contributed by atoms with Gasteiger partial charge in [-0.3, -0.25) is 4.79 Å². The molecule has 1 fully saturated rings. The normalized spacial score (nSPS) is 17.7. The highest BCUT2D eigenvalue weighted by atomic mass is 32.2. The van der Waals surface area contributed by atoms with E-state index in [1.165, 1.54) is 0 Å². The van der Waals surface area contributed by atoms with Crippen LogP contribution in [0.1, 0.15) is 64.0 Å². The van der Waals surface area contributed by atoms with E-state index in [0.29, 0.717) is 31.2 Å². The van der Waals surface area contributed by atoms with Crippen molar-refractivity contribution in [3.8, 4) is 6.07 Å². The molecule has 0 heterocycles. The number of hydrogen-bond donors (Lipinski definition) is 2. The summed E-state index contributed by atoms with van der Waals surface area (Å²) in [6.45, 7) is 5.04. The van der Waals surface area contributed by atoms with Gasteiger partial charge in [0, 0.05) is 0 Å². The topological polar surface area (TPSA) is 115 Å². The molecule has 1 unspecified atom stereocenters. The van der Waals surface area contributed by atoms with Gasteiger partial charge in [-0.05, 0) is 55.6 Å². The number of rotatable bonds is 12. The Balaban J connectivity index is 2.09. The van der Waals surface area contributed by atoms with Crippen molar-refractivity contribution in [1.82, 2.24) is 0 Å². The van der Waals surface area contributed by atoms with E-state index < -0.39 is 26.6 Å². The van der Waals surface area contributed by atoms with E-state index in [1.807, 2.05) is 38.1 Å². The maximum atomic E-state index is 12.2. The molecule has 1 aromatic rings. The minimum atomic E-state index is -3.34. The Morgan fingerprint density at radius 3 is 2.43 bits per heavy atom. The highest BCUT2D eigenvalue weighted by Gasteiger charge is 2.43. The van der Waals surface area contributed by atoms with Gasteiger partial charge in [-0.2, -0.15) is 5.26 Å². The van der Waals surface area contributed by atoms with Crippen molar-refractivity contribution < 1.29 is 23.4 Å². The zero-order valence-electron chi connectivity index (χ0n) is 18.1. The van der Waals surface area contributed by atoms with Gasteiger partial charge in [0.15, 0.2) is 9.84 Å². The minimum Gasteiger partial charge on any atom is -0.481 e. The van der Waals surface area contributed by atoms with Gasteiger partial charge >= 0.3 is 5.97 Å². The van der Waals surface area contributed by atoms with Crippen LogP contribution in [-0.2, 0) is 26.5 Å². The number of carboxylic acid groups (broad SMARTS) is 1. The van der Waals surface area contributed by atoms with Crippen LogP contribution in [0.25, 0.3) is 0 Å². The number of aliphatic hydroxyl groups excluding tert-OH is 1. The molecule has 2 N–H and O–H groups in total. The standard InChI is InChI=1S/C23H33NO5S/c1-21(2,17-30(28,29)13-12-25)8-5-9-22(3,20(26)27)19-7-4-6-18(14-19)15-23(16-24)10-11-23/h4,6-7,14,25H,5,8-13,15,17H2,1-3H3,(H,26,27). The van der Waals surface area contributed by atoms with Crippen LogP contribution in [0.3, 0.4) is 0 Å². The largest absolute Gasteiger partial charge is 0.481 e. The summed E-state index contributed by atoms with van der Waals surface area (Å²) in [4.78, 5) is 12.2. The Hall–Kier alpha value is -1.91. The highest BCUT2D eigenvalue weighted by molar-refractivity contribution is 7.91. The van der Waals surface area contributed by atoms with Crippen molar-refractivity contribution in [2.75, 3.05) is 18.1 Å². The SMILES string of the molecule is CC(C)(CCCC(C)(C(=O)O)c1cccc(CC2(C#N)CC2)c1)CS(=O)(=O)CCO. The average Bonchev–Trinajstić information content (AvgIpc) is 3.40. The van der Waals surface area contributed by atoms with Crippen molar-refractivity contribution in [1.29, 1.82) is 5.26 Å². The molecule has 0 saturated heterocycles. The molecular formula is C23H33NO5S. The van der Waals surface area contributed by atoms with Gasteiger partial charge in [-0.15, -0.1) is 0 Å². The molecule has 1 aliphatic rings. The molecule has 0 aromatic heterocycles. The average molecular weight is 436 g/mol. The maximum absolute atomic E-state index is 12.2. The quantitative estimate of drug-likeness (QED) is 0.519. The number of sulfone groups is 1. The number of hydrogen-bond acceptors (Lipinski definition) is 5. The second kappa shape index (κ2) is 9.07. The molecule has 2 rings (SSSR count). The first-order valence-electron chi connectivity index (χ1n) is 10.4. The molecule has 0 bridgehead atoms. The molecule has 0 spiro atoms. The summed E-state index contributed by atoms with van der Waals surface area (Å²) in [6, 6.07) is 9.90. The van der Waals surface area contributed by atoms with Crippen LogP contribution < -0.4 is 0 Å². The maximum Gasteiger partial charge on any atom is 0.313 e. The third-order valence-corrected chi connectivity index (χ3v) is 8.24. The fourth-order valence-corrected chi connectivity index (χ4v) is 5.83. The summed E-state index contributed by atoms with van der Waals surface area (Å²) in [6.07, 6.45) is 3.94. The van der Waals surface area contributed by atoms with Crippen molar-refractivity contribution in [3.63, 3.8) is 0 Å². The Morgan fingerprint density at radius 2 is 1.90 bits per heavy atom. The number of nitrogens with zero attached hydrogens (tertiary/aromatic N) is 1. The molecule has 0 aliphatic heterocycles. The van der Waals surface area contributed by atoms with Crippen molar-refractivity contribution in [2.24, 2.45) is 10.8 Å². The summed E-state index contributed by atoms with van der Waals surface area (Å²) in [5.74, 6) is -1.19. The van der Waals surface area contributed by atoms with E-state index in [9.17, 15) is 23.6 Å². The van der Waals surface area contributed by atoms with Gasteiger partial charge in [-0.1, -0.05) is 44.5 Å². The second-order valence-electron chi connectivity index (χ2n) is 9.74. The Labute approximate surface area is 179 Å². The molecule has 1 atom stereocenters. The van der Waals surface area contributed by atoms with Gasteiger partial charge in [0.25, 0.3) is 0 Å². The van der Waals surface area contributed by atoms with E-state index >= 15 is 0 Å². The van der Waals surface area contributed by atoms with Crippen LogP contribution in [0.5, 0.6) is 0 Å². The van der Waals surface area contributed by atoms with E-state index in [-0.39, 0.29) is 23.5 Å². The van der Waals surface area contributed by atoms with Gasteiger partial charge in [0.1, 0.15) is 0 Å². The van der Waals surface area contributed by atoms with Crippen LogP contribution in [-0.4, -0.2) is 42.7 Å². The summed E-state index contributed by atoms with van der Waals surface area (Å²) in [5.41, 5.74) is -0.177. The van der Waals surface area contributed by atoms with Gasteiger partial charge in [0.2, 0.25) is 0 Å². The molecule has 166 valence electrons. The molecule has 6 nitrogen and oxygen atoms in total. The van der Waals surface area contributed by atoms with E-state index in [1.54, 1.807) is 6.92 Å². The molecular weight excluding hydrogens is 402 g/mol. The first-order valence-corrected chi connectivity index (χ1v) is 12.2.